The molecule has 12 heteroatoms. The molecule has 0 radical (unpaired) electrons. The van der Waals surface area contributed by atoms with E-state index >= 15 is 0 Å². The van der Waals surface area contributed by atoms with Crippen LogP contribution in [0.2, 0.25) is 0 Å². The minimum atomic E-state index is -3.69. The number of hydrogen-bond donors (Lipinski definition) is 1. The normalized spacial score (nSPS) is 17.5. The number of hydrogen-bond acceptors (Lipinski definition) is 8. The first-order valence-electron chi connectivity index (χ1n) is 9.80. The van der Waals surface area contributed by atoms with Gasteiger partial charge in [0.15, 0.2) is 6.61 Å². The van der Waals surface area contributed by atoms with Crippen LogP contribution in [0.4, 0.5) is 5.69 Å². The van der Waals surface area contributed by atoms with Crippen molar-refractivity contribution in [1.29, 1.82) is 0 Å². The summed E-state index contributed by atoms with van der Waals surface area (Å²) in [5.41, 5.74) is 0.160. The summed E-state index contributed by atoms with van der Waals surface area (Å²) in [4.78, 5) is 37.1. The molecule has 10 nitrogen and oxygen atoms in total. The van der Waals surface area contributed by atoms with Gasteiger partial charge in [-0.2, -0.15) is 4.31 Å². The Morgan fingerprint density at radius 2 is 1.94 bits per heavy atom. The molecule has 0 atom stereocenters. The van der Waals surface area contributed by atoms with E-state index < -0.39 is 28.5 Å². The van der Waals surface area contributed by atoms with Crippen LogP contribution < -0.4 is 10.1 Å². The zero-order valence-corrected chi connectivity index (χ0v) is 18.8. The number of benzene rings is 1. The Bertz CT molecular complexity index is 946. The molecule has 1 N–H and O–H groups in total. The number of nitrogens with zero attached hydrogens (tertiary/aromatic N) is 2. The van der Waals surface area contributed by atoms with Crippen LogP contribution in [0.15, 0.2) is 23.1 Å². The number of carbonyl (C=O) groups is 3. The van der Waals surface area contributed by atoms with Crippen molar-refractivity contribution in [3.63, 3.8) is 0 Å². The van der Waals surface area contributed by atoms with E-state index in [1.165, 1.54) is 46.3 Å². The highest BCUT2D eigenvalue weighted by Crippen LogP contribution is 2.30. The molecule has 1 aromatic rings. The molecule has 0 saturated carbocycles. The van der Waals surface area contributed by atoms with Crippen molar-refractivity contribution in [2.75, 3.05) is 50.3 Å². The zero-order chi connectivity index (χ0) is 22.4. The number of esters is 1. The number of methoxy groups -OCH3 is 1. The predicted molar refractivity (Wildman–Crippen MR) is 114 cm³/mol. The first kappa shape index (κ1) is 23.4. The van der Waals surface area contributed by atoms with Gasteiger partial charge in [0.1, 0.15) is 12.3 Å². The number of nitrogens with one attached hydrogen (secondary N) is 1. The molecule has 2 amide bonds. The predicted octanol–water partition coefficient (Wildman–Crippen LogP) is 0.884. The van der Waals surface area contributed by atoms with E-state index in [2.05, 4.69) is 5.32 Å². The molecule has 2 aliphatic rings. The van der Waals surface area contributed by atoms with Crippen LogP contribution in [0.3, 0.4) is 0 Å². The smallest absolute Gasteiger partial charge is 0.326 e. The molecule has 2 fully saturated rings. The van der Waals surface area contributed by atoms with Gasteiger partial charge in [-0.25, -0.2) is 8.42 Å². The Morgan fingerprint density at radius 1 is 1.19 bits per heavy atom. The SMILES string of the molecule is COc1ccc(S(=O)(=O)N2CCCCC2)cc1NC(=O)COC(=O)CN1CSCC1=O. The molecule has 31 heavy (non-hydrogen) atoms. The van der Waals surface area contributed by atoms with Crippen molar-refractivity contribution >= 4 is 45.3 Å². The highest BCUT2D eigenvalue weighted by molar-refractivity contribution is 8.00. The van der Waals surface area contributed by atoms with Gasteiger partial charge in [0.2, 0.25) is 15.9 Å². The van der Waals surface area contributed by atoms with Gasteiger partial charge in [0.25, 0.3) is 5.91 Å². The maximum Gasteiger partial charge on any atom is 0.326 e. The van der Waals surface area contributed by atoms with E-state index in [1.807, 2.05) is 0 Å². The average Bonchev–Trinajstić information content (AvgIpc) is 3.17. The summed E-state index contributed by atoms with van der Waals surface area (Å²) >= 11 is 1.40. The second kappa shape index (κ2) is 10.3. The van der Waals surface area contributed by atoms with Crippen LogP contribution >= 0.6 is 11.8 Å². The van der Waals surface area contributed by atoms with E-state index in [4.69, 9.17) is 9.47 Å². The highest BCUT2D eigenvalue weighted by Gasteiger charge is 2.27. The topological polar surface area (TPSA) is 122 Å². The van der Waals surface area contributed by atoms with Crippen molar-refractivity contribution in [2.24, 2.45) is 0 Å². The van der Waals surface area contributed by atoms with Gasteiger partial charge in [-0.05, 0) is 31.0 Å². The van der Waals surface area contributed by atoms with Gasteiger partial charge in [-0.15, -0.1) is 11.8 Å². The number of ether oxygens (including phenoxy) is 2. The van der Waals surface area contributed by atoms with E-state index in [0.717, 1.165) is 19.3 Å². The molecule has 2 aliphatic heterocycles. The molecule has 2 saturated heterocycles. The Morgan fingerprint density at radius 3 is 2.58 bits per heavy atom. The third-order valence-electron chi connectivity index (χ3n) is 4.91. The number of carbonyl (C=O) groups excluding carboxylic acids is 3. The number of thioether (sulfide) groups is 1. The van der Waals surface area contributed by atoms with Crippen molar-refractivity contribution in [2.45, 2.75) is 24.2 Å². The van der Waals surface area contributed by atoms with E-state index in [0.29, 0.717) is 24.7 Å². The van der Waals surface area contributed by atoms with Crippen LogP contribution in [0, 0.1) is 0 Å². The summed E-state index contributed by atoms with van der Waals surface area (Å²) in [6.07, 6.45) is 2.62. The highest BCUT2D eigenvalue weighted by atomic mass is 32.2. The third-order valence-corrected chi connectivity index (χ3v) is 7.75. The first-order valence-corrected chi connectivity index (χ1v) is 12.4. The Labute approximate surface area is 185 Å². The molecule has 1 aromatic carbocycles. The van der Waals surface area contributed by atoms with E-state index in [9.17, 15) is 22.8 Å². The largest absolute Gasteiger partial charge is 0.495 e. The first-order chi connectivity index (χ1) is 14.8. The van der Waals surface area contributed by atoms with Crippen molar-refractivity contribution in [3.8, 4) is 5.75 Å². The molecule has 170 valence electrons. The standard InChI is InChI=1S/C19H25N3O7S2/c1-28-16-6-5-14(31(26,27)22-7-3-2-4-8-22)9-15(16)20-17(23)11-29-19(25)10-21-13-30-12-18(21)24/h5-6,9H,2-4,7-8,10-13H2,1H3,(H,20,23). The summed E-state index contributed by atoms with van der Waals surface area (Å²) in [6, 6.07) is 4.24. The van der Waals surface area contributed by atoms with Gasteiger partial charge in [-0.1, -0.05) is 6.42 Å². The number of amides is 2. The molecular weight excluding hydrogens is 446 g/mol. The van der Waals surface area contributed by atoms with Gasteiger partial charge >= 0.3 is 5.97 Å². The van der Waals surface area contributed by atoms with Crippen LogP contribution in [-0.2, 0) is 29.1 Å². The lowest BCUT2D eigenvalue weighted by molar-refractivity contribution is -0.150. The number of anilines is 1. The summed E-state index contributed by atoms with van der Waals surface area (Å²) < 4.78 is 37.4. The minimum absolute atomic E-state index is 0.0486. The Kier molecular flexibility index (Phi) is 7.79. The van der Waals surface area contributed by atoms with Crippen molar-refractivity contribution in [3.05, 3.63) is 18.2 Å². The van der Waals surface area contributed by atoms with Gasteiger partial charge in [0.05, 0.1) is 29.3 Å². The summed E-state index contributed by atoms with van der Waals surface area (Å²) in [6.45, 7) is 0.139. The molecular formula is C19H25N3O7S2. The molecule has 0 aromatic heterocycles. The fourth-order valence-corrected chi connectivity index (χ4v) is 5.72. The monoisotopic (exact) mass is 471 g/mol. The third kappa shape index (κ3) is 5.89. The minimum Gasteiger partial charge on any atom is -0.495 e. The quantitative estimate of drug-likeness (QED) is 0.555. The second-order valence-electron chi connectivity index (χ2n) is 7.10. The maximum absolute atomic E-state index is 12.9. The van der Waals surface area contributed by atoms with Gasteiger partial charge in [-0.3, -0.25) is 14.4 Å². The average molecular weight is 472 g/mol. The number of piperidine rings is 1. The molecule has 0 aliphatic carbocycles. The summed E-state index contributed by atoms with van der Waals surface area (Å²) in [5.74, 6) is -0.486. The zero-order valence-electron chi connectivity index (χ0n) is 17.2. The molecule has 0 unspecified atom stereocenters. The maximum atomic E-state index is 12.9. The molecule has 0 spiro atoms. The lowest BCUT2D eigenvalue weighted by Gasteiger charge is -2.26. The summed E-state index contributed by atoms with van der Waals surface area (Å²) in [5, 5.41) is 2.53. The molecule has 3 rings (SSSR count). The van der Waals surface area contributed by atoms with Crippen LogP contribution in [0.1, 0.15) is 19.3 Å². The molecule has 2 heterocycles. The van der Waals surface area contributed by atoms with Crippen molar-refractivity contribution in [1.82, 2.24) is 9.21 Å². The fourth-order valence-electron chi connectivity index (χ4n) is 3.27. The van der Waals surface area contributed by atoms with E-state index in [1.54, 1.807) is 0 Å². The van der Waals surface area contributed by atoms with Crippen LogP contribution in [0.5, 0.6) is 5.75 Å². The Hall–Kier alpha value is -2.31. The summed E-state index contributed by atoms with van der Waals surface area (Å²) in [7, 11) is -2.29. The van der Waals surface area contributed by atoms with Gasteiger partial charge < -0.3 is 19.7 Å². The lowest BCUT2D eigenvalue weighted by atomic mass is 10.2. The van der Waals surface area contributed by atoms with Crippen molar-refractivity contribution < 1.29 is 32.3 Å². The number of sulfonamides is 1. The fraction of sp³-hybridized carbons (Fsp3) is 0.526. The van der Waals surface area contributed by atoms with E-state index in [-0.39, 0.29) is 28.8 Å². The van der Waals surface area contributed by atoms with Gasteiger partial charge in [0, 0.05) is 13.1 Å². The van der Waals surface area contributed by atoms with Crippen LogP contribution in [0.25, 0.3) is 0 Å². The number of rotatable bonds is 8. The lowest BCUT2D eigenvalue weighted by Crippen LogP contribution is -2.35. The van der Waals surface area contributed by atoms with Crippen LogP contribution in [-0.4, -0.2) is 80.4 Å². The molecule has 0 bridgehead atoms. The Balaban J connectivity index is 1.63. The second-order valence-corrected chi connectivity index (χ2v) is 10.00.